The number of fused-ring (bicyclic) bond motifs is 1. The zero-order valence-electron chi connectivity index (χ0n) is 14.1. The number of carbonyl (C=O) groups excluding carboxylic acids is 1. The maximum atomic E-state index is 12.4. The summed E-state index contributed by atoms with van der Waals surface area (Å²) in [4.78, 5) is 12.4. The molecule has 1 aliphatic carbocycles. The molecule has 1 N–H and O–H groups in total. The second kappa shape index (κ2) is 7.39. The molecular formula is C20H22BrNO2. The Morgan fingerprint density at radius 1 is 1.12 bits per heavy atom. The van der Waals surface area contributed by atoms with Crippen molar-refractivity contribution in [3.05, 3.63) is 57.6 Å². The van der Waals surface area contributed by atoms with Gasteiger partial charge in [-0.1, -0.05) is 22.0 Å². The van der Waals surface area contributed by atoms with E-state index >= 15 is 0 Å². The van der Waals surface area contributed by atoms with Gasteiger partial charge in [0.1, 0.15) is 5.75 Å². The van der Waals surface area contributed by atoms with Crippen molar-refractivity contribution in [1.29, 1.82) is 0 Å². The summed E-state index contributed by atoms with van der Waals surface area (Å²) in [5, 5.41) is 2.91. The van der Waals surface area contributed by atoms with E-state index in [2.05, 4.69) is 33.4 Å². The van der Waals surface area contributed by atoms with E-state index in [1.807, 2.05) is 31.2 Å². The topological polar surface area (TPSA) is 38.3 Å². The Kier molecular flexibility index (Phi) is 5.24. The van der Waals surface area contributed by atoms with Crippen LogP contribution in [0.3, 0.4) is 0 Å². The Bertz CT molecular complexity index is 757. The van der Waals surface area contributed by atoms with Gasteiger partial charge in [0.15, 0.2) is 6.10 Å². The van der Waals surface area contributed by atoms with Crippen molar-refractivity contribution in [2.75, 3.05) is 5.32 Å². The van der Waals surface area contributed by atoms with Gasteiger partial charge in [0.05, 0.1) is 0 Å². The molecule has 2 aromatic rings. The summed E-state index contributed by atoms with van der Waals surface area (Å²) in [5.41, 5.74) is 4.63. The van der Waals surface area contributed by atoms with Crippen molar-refractivity contribution in [3.63, 3.8) is 0 Å². The number of rotatable bonds is 4. The first kappa shape index (κ1) is 17.0. The average molecular weight is 388 g/mol. The fourth-order valence-corrected chi connectivity index (χ4v) is 3.25. The van der Waals surface area contributed by atoms with Gasteiger partial charge in [-0.25, -0.2) is 0 Å². The highest BCUT2D eigenvalue weighted by Gasteiger charge is 2.17. The number of benzene rings is 2. The summed E-state index contributed by atoms with van der Waals surface area (Å²) in [6, 6.07) is 11.9. The molecule has 4 heteroatoms. The van der Waals surface area contributed by atoms with Gasteiger partial charge in [0, 0.05) is 10.2 Å². The summed E-state index contributed by atoms with van der Waals surface area (Å²) < 4.78 is 6.87. The molecule has 1 aliphatic rings. The van der Waals surface area contributed by atoms with Crippen LogP contribution in [0.2, 0.25) is 0 Å². The predicted octanol–water partition coefficient (Wildman–Crippen LogP) is 5.04. The second-order valence-electron chi connectivity index (χ2n) is 6.35. The summed E-state index contributed by atoms with van der Waals surface area (Å²) >= 11 is 3.46. The lowest BCUT2D eigenvalue weighted by Gasteiger charge is -2.19. The van der Waals surface area contributed by atoms with E-state index in [-0.39, 0.29) is 5.91 Å². The maximum Gasteiger partial charge on any atom is 0.265 e. The monoisotopic (exact) mass is 387 g/mol. The van der Waals surface area contributed by atoms with Crippen LogP contribution >= 0.6 is 15.9 Å². The van der Waals surface area contributed by atoms with Crippen LogP contribution < -0.4 is 10.1 Å². The van der Waals surface area contributed by atoms with Gasteiger partial charge in [-0.3, -0.25) is 4.79 Å². The molecule has 24 heavy (non-hydrogen) atoms. The van der Waals surface area contributed by atoms with Gasteiger partial charge >= 0.3 is 0 Å². The minimum atomic E-state index is -0.546. The Morgan fingerprint density at radius 2 is 1.88 bits per heavy atom. The lowest BCUT2D eigenvalue weighted by molar-refractivity contribution is -0.122. The predicted molar refractivity (Wildman–Crippen MR) is 101 cm³/mol. The Morgan fingerprint density at radius 3 is 2.62 bits per heavy atom. The van der Waals surface area contributed by atoms with Crippen LogP contribution in [-0.4, -0.2) is 12.0 Å². The highest BCUT2D eigenvalue weighted by Crippen LogP contribution is 2.26. The van der Waals surface area contributed by atoms with Crippen molar-refractivity contribution >= 4 is 27.5 Å². The molecule has 0 heterocycles. The van der Waals surface area contributed by atoms with Crippen LogP contribution in [0.15, 0.2) is 40.9 Å². The molecule has 3 rings (SSSR count). The van der Waals surface area contributed by atoms with E-state index in [0.717, 1.165) is 34.3 Å². The number of hydrogen-bond donors (Lipinski definition) is 1. The molecule has 0 fully saturated rings. The van der Waals surface area contributed by atoms with Crippen molar-refractivity contribution in [2.24, 2.45) is 0 Å². The molecule has 0 saturated heterocycles. The minimum Gasteiger partial charge on any atom is -0.481 e. The SMILES string of the molecule is Cc1cc(NC(=O)[C@H](C)Oc2ccc3c(c2)CCCC3)ccc1Br. The van der Waals surface area contributed by atoms with Crippen molar-refractivity contribution in [2.45, 2.75) is 45.6 Å². The first-order chi connectivity index (χ1) is 11.5. The Hall–Kier alpha value is -1.81. The molecule has 0 unspecified atom stereocenters. The van der Waals surface area contributed by atoms with E-state index in [0.29, 0.717) is 0 Å². The number of ether oxygens (including phenoxy) is 1. The molecule has 0 spiro atoms. The van der Waals surface area contributed by atoms with E-state index in [1.54, 1.807) is 6.92 Å². The molecule has 0 aromatic heterocycles. The fourth-order valence-electron chi connectivity index (χ4n) is 3.01. The van der Waals surface area contributed by atoms with Crippen molar-refractivity contribution in [3.8, 4) is 5.75 Å². The summed E-state index contributed by atoms with van der Waals surface area (Å²) in [6.45, 7) is 3.77. The van der Waals surface area contributed by atoms with Gasteiger partial charge in [-0.2, -0.15) is 0 Å². The number of carbonyl (C=O) groups is 1. The van der Waals surface area contributed by atoms with E-state index < -0.39 is 6.10 Å². The van der Waals surface area contributed by atoms with Crippen LogP contribution in [0.1, 0.15) is 36.5 Å². The smallest absolute Gasteiger partial charge is 0.265 e. The summed E-state index contributed by atoms with van der Waals surface area (Å²) in [5.74, 6) is 0.625. The highest BCUT2D eigenvalue weighted by molar-refractivity contribution is 9.10. The lowest BCUT2D eigenvalue weighted by Crippen LogP contribution is -2.30. The maximum absolute atomic E-state index is 12.4. The zero-order valence-corrected chi connectivity index (χ0v) is 15.7. The van der Waals surface area contributed by atoms with Crippen LogP contribution in [0.4, 0.5) is 5.69 Å². The van der Waals surface area contributed by atoms with Gasteiger partial charge in [-0.15, -0.1) is 0 Å². The quantitative estimate of drug-likeness (QED) is 0.797. The third kappa shape index (κ3) is 3.99. The molecule has 0 bridgehead atoms. The largest absolute Gasteiger partial charge is 0.481 e. The van der Waals surface area contributed by atoms with E-state index in [9.17, 15) is 4.79 Å². The third-order valence-corrected chi connectivity index (χ3v) is 5.32. The number of halogens is 1. The number of hydrogen-bond acceptors (Lipinski definition) is 2. The van der Waals surface area contributed by atoms with Crippen LogP contribution in [-0.2, 0) is 17.6 Å². The summed E-state index contributed by atoms with van der Waals surface area (Å²) in [6.07, 6.45) is 4.20. The molecule has 3 nitrogen and oxygen atoms in total. The minimum absolute atomic E-state index is 0.144. The van der Waals surface area contributed by atoms with Crippen molar-refractivity contribution in [1.82, 2.24) is 0 Å². The van der Waals surface area contributed by atoms with Crippen LogP contribution in [0.25, 0.3) is 0 Å². The molecular weight excluding hydrogens is 366 g/mol. The van der Waals surface area contributed by atoms with Gasteiger partial charge in [-0.05, 0) is 86.6 Å². The van der Waals surface area contributed by atoms with E-state index in [4.69, 9.17) is 4.74 Å². The molecule has 2 aromatic carbocycles. The zero-order chi connectivity index (χ0) is 17.1. The standard InChI is InChI=1S/C20H22BrNO2/c1-13-11-17(8-10-19(13)21)22-20(23)14(2)24-18-9-7-15-5-3-4-6-16(15)12-18/h7-12,14H,3-6H2,1-2H3,(H,22,23)/t14-/m0/s1. The molecule has 1 atom stereocenters. The third-order valence-electron chi connectivity index (χ3n) is 4.43. The van der Waals surface area contributed by atoms with Crippen molar-refractivity contribution < 1.29 is 9.53 Å². The highest BCUT2D eigenvalue weighted by atomic mass is 79.9. The Balaban J connectivity index is 1.64. The van der Waals surface area contributed by atoms with Crippen LogP contribution in [0.5, 0.6) is 5.75 Å². The first-order valence-corrected chi connectivity index (χ1v) is 9.18. The number of amides is 1. The molecule has 1 amide bonds. The first-order valence-electron chi connectivity index (χ1n) is 8.38. The fraction of sp³-hybridized carbons (Fsp3) is 0.350. The molecule has 0 saturated carbocycles. The Labute approximate surface area is 151 Å². The number of aryl methyl sites for hydroxylation is 3. The normalized spacial score (nSPS) is 14.6. The summed E-state index contributed by atoms with van der Waals surface area (Å²) in [7, 11) is 0. The lowest BCUT2D eigenvalue weighted by atomic mass is 9.92. The number of nitrogens with one attached hydrogen (secondary N) is 1. The van der Waals surface area contributed by atoms with Gasteiger partial charge in [0.25, 0.3) is 5.91 Å². The second-order valence-corrected chi connectivity index (χ2v) is 7.21. The molecule has 126 valence electrons. The van der Waals surface area contributed by atoms with E-state index in [1.165, 1.54) is 24.0 Å². The molecule has 0 aliphatic heterocycles. The number of anilines is 1. The average Bonchev–Trinajstić information content (AvgIpc) is 2.58. The van der Waals surface area contributed by atoms with Gasteiger partial charge in [0.2, 0.25) is 0 Å². The van der Waals surface area contributed by atoms with Crippen LogP contribution in [0, 0.1) is 6.92 Å². The molecule has 0 radical (unpaired) electrons. The van der Waals surface area contributed by atoms with Gasteiger partial charge < -0.3 is 10.1 Å².